The van der Waals surface area contributed by atoms with E-state index in [9.17, 15) is 14.4 Å². The molecule has 0 aromatic heterocycles. The van der Waals surface area contributed by atoms with E-state index in [-0.39, 0.29) is 6.61 Å². The predicted octanol–water partition coefficient (Wildman–Crippen LogP) is -1.98. The molecule has 1 aliphatic heterocycles. The summed E-state index contributed by atoms with van der Waals surface area (Å²) in [7, 11) is 0. The molecule has 1 saturated heterocycles. The maximum absolute atomic E-state index is 12.0. The molecule has 1 unspecified atom stereocenters. The zero-order valence-electron chi connectivity index (χ0n) is 11.8. The summed E-state index contributed by atoms with van der Waals surface area (Å²) in [6.07, 6.45) is 0.298. The number of rotatable bonds is 6. The SMILES string of the molecule is NC(=O)CC(NC(=O)N1CCCN(CCO)CC1)C(=O)O. The number of carbonyl (C=O) groups excluding carboxylic acids is 2. The van der Waals surface area contributed by atoms with Crippen LogP contribution in [-0.4, -0.2) is 83.3 Å². The molecule has 1 atom stereocenters. The third-order valence-corrected chi connectivity index (χ3v) is 3.29. The Balaban J connectivity index is 2.53. The summed E-state index contributed by atoms with van der Waals surface area (Å²) < 4.78 is 0. The summed E-state index contributed by atoms with van der Waals surface area (Å²) in [6, 6.07) is -1.83. The highest BCUT2D eigenvalue weighted by molar-refractivity contribution is 5.87. The molecule has 0 aliphatic carbocycles. The van der Waals surface area contributed by atoms with Gasteiger partial charge in [0.25, 0.3) is 0 Å². The minimum atomic E-state index is -1.31. The highest BCUT2D eigenvalue weighted by atomic mass is 16.4. The Morgan fingerprint density at radius 2 is 1.90 bits per heavy atom. The van der Waals surface area contributed by atoms with Crippen molar-refractivity contribution < 1.29 is 24.6 Å². The van der Waals surface area contributed by atoms with Crippen LogP contribution in [-0.2, 0) is 9.59 Å². The van der Waals surface area contributed by atoms with Crippen molar-refractivity contribution in [2.24, 2.45) is 5.73 Å². The van der Waals surface area contributed by atoms with Crippen molar-refractivity contribution in [3.8, 4) is 0 Å². The van der Waals surface area contributed by atoms with Gasteiger partial charge in [-0.1, -0.05) is 0 Å². The molecule has 1 aliphatic rings. The van der Waals surface area contributed by atoms with Gasteiger partial charge in [-0.05, 0) is 13.0 Å². The average molecular weight is 302 g/mol. The Labute approximate surface area is 122 Å². The summed E-state index contributed by atoms with van der Waals surface area (Å²) in [6.45, 7) is 2.93. The van der Waals surface area contributed by atoms with Crippen molar-refractivity contribution in [2.75, 3.05) is 39.3 Å². The van der Waals surface area contributed by atoms with E-state index in [0.29, 0.717) is 26.2 Å². The molecule has 1 heterocycles. The summed E-state index contributed by atoms with van der Waals surface area (Å²) in [4.78, 5) is 37.4. The van der Waals surface area contributed by atoms with E-state index in [1.165, 1.54) is 4.90 Å². The first-order valence-corrected chi connectivity index (χ1v) is 6.83. The van der Waals surface area contributed by atoms with Crippen LogP contribution in [0.5, 0.6) is 0 Å². The van der Waals surface area contributed by atoms with Crippen molar-refractivity contribution in [2.45, 2.75) is 18.9 Å². The van der Waals surface area contributed by atoms with Crippen molar-refractivity contribution in [1.82, 2.24) is 15.1 Å². The number of hydrogen-bond donors (Lipinski definition) is 4. The number of nitrogens with two attached hydrogens (primary N) is 1. The molecule has 1 rings (SSSR count). The number of nitrogens with one attached hydrogen (secondary N) is 1. The number of aliphatic hydroxyl groups is 1. The smallest absolute Gasteiger partial charge is 0.326 e. The molecule has 9 nitrogen and oxygen atoms in total. The Morgan fingerprint density at radius 1 is 1.19 bits per heavy atom. The van der Waals surface area contributed by atoms with Gasteiger partial charge in [-0.15, -0.1) is 0 Å². The summed E-state index contributed by atoms with van der Waals surface area (Å²) >= 11 is 0. The first-order chi connectivity index (χ1) is 9.93. The lowest BCUT2D eigenvalue weighted by molar-refractivity contribution is -0.140. The van der Waals surface area contributed by atoms with Crippen LogP contribution in [0.4, 0.5) is 4.79 Å². The van der Waals surface area contributed by atoms with Crippen molar-refractivity contribution in [3.63, 3.8) is 0 Å². The van der Waals surface area contributed by atoms with E-state index < -0.39 is 30.4 Å². The fraction of sp³-hybridized carbons (Fsp3) is 0.750. The highest BCUT2D eigenvalue weighted by Crippen LogP contribution is 2.04. The van der Waals surface area contributed by atoms with Crippen LogP contribution in [0.2, 0.25) is 0 Å². The Bertz CT molecular complexity index is 390. The lowest BCUT2D eigenvalue weighted by Crippen LogP contribution is -2.50. The van der Waals surface area contributed by atoms with Gasteiger partial charge in [0.15, 0.2) is 0 Å². The average Bonchev–Trinajstić information content (AvgIpc) is 2.63. The van der Waals surface area contributed by atoms with Crippen LogP contribution >= 0.6 is 0 Å². The minimum absolute atomic E-state index is 0.0614. The monoisotopic (exact) mass is 302 g/mol. The van der Waals surface area contributed by atoms with Crippen LogP contribution in [0.3, 0.4) is 0 Å². The topological polar surface area (TPSA) is 136 Å². The largest absolute Gasteiger partial charge is 0.480 e. The molecule has 0 bridgehead atoms. The van der Waals surface area contributed by atoms with E-state index >= 15 is 0 Å². The number of hydrogen-bond acceptors (Lipinski definition) is 5. The Hall–Kier alpha value is -1.87. The standard InChI is InChI=1S/C12H22N4O5/c13-10(18)8-9(11(19)20)14-12(21)16-3-1-2-15(4-5-16)6-7-17/h9,17H,1-8H2,(H2,13,18)(H,14,21)(H,19,20). The van der Waals surface area contributed by atoms with Crippen molar-refractivity contribution in [1.29, 1.82) is 0 Å². The number of amides is 3. The van der Waals surface area contributed by atoms with Crippen molar-refractivity contribution >= 4 is 17.9 Å². The summed E-state index contributed by atoms with van der Waals surface area (Å²) in [5.74, 6) is -2.08. The molecule has 0 saturated carbocycles. The van der Waals surface area contributed by atoms with Gasteiger partial charge in [0.1, 0.15) is 6.04 Å². The zero-order valence-corrected chi connectivity index (χ0v) is 11.8. The van der Waals surface area contributed by atoms with Gasteiger partial charge in [-0.25, -0.2) is 9.59 Å². The Kier molecular flexibility index (Phi) is 6.89. The van der Waals surface area contributed by atoms with Gasteiger partial charge < -0.3 is 26.2 Å². The lowest BCUT2D eigenvalue weighted by atomic mass is 10.2. The normalized spacial score (nSPS) is 17.9. The first kappa shape index (κ1) is 17.2. The molecule has 1 fully saturated rings. The molecule has 3 amide bonds. The number of carbonyl (C=O) groups is 3. The highest BCUT2D eigenvalue weighted by Gasteiger charge is 2.26. The number of carboxylic acid groups (broad SMARTS) is 1. The lowest BCUT2D eigenvalue weighted by Gasteiger charge is -2.23. The second kappa shape index (κ2) is 8.42. The third-order valence-electron chi connectivity index (χ3n) is 3.29. The number of β-amino-alcohol motifs (C(OH)–C–C–N with tert-alkyl or cyclic N) is 1. The van der Waals surface area contributed by atoms with Gasteiger partial charge in [-0.3, -0.25) is 9.69 Å². The predicted molar refractivity (Wildman–Crippen MR) is 73.5 cm³/mol. The van der Waals surface area contributed by atoms with E-state index in [4.69, 9.17) is 15.9 Å². The number of primary amides is 1. The molecule has 120 valence electrons. The molecule has 0 aromatic carbocycles. The molecule has 0 aromatic rings. The maximum atomic E-state index is 12.0. The van der Waals surface area contributed by atoms with Crippen LogP contribution in [0, 0.1) is 0 Å². The van der Waals surface area contributed by atoms with Crippen LogP contribution in [0.1, 0.15) is 12.8 Å². The van der Waals surface area contributed by atoms with Crippen LogP contribution in [0.15, 0.2) is 0 Å². The van der Waals surface area contributed by atoms with Gasteiger partial charge in [0, 0.05) is 26.2 Å². The zero-order chi connectivity index (χ0) is 15.8. The third kappa shape index (κ3) is 5.96. The van der Waals surface area contributed by atoms with E-state index in [1.807, 2.05) is 4.90 Å². The molecule has 5 N–H and O–H groups in total. The van der Waals surface area contributed by atoms with E-state index in [1.54, 1.807) is 0 Å². The fourth-order valence-corrected chi connectivity index (χ4v) is 2.18. The summed E-state index contributed by atoms with van der Waals surface area (Å²) in [5.41, 5.74) is 4.96. The first-order valence-electron chi connectivity index (χ1n) is 6.83. The quantitative estimate of drug-likeness (QED) is 0.449. The summed E-state index contributed by atoms with van der Waals surface area (Å²) in [5, 5.41) is 20.2. The Morgan fingerprint density at radius 3 is 2.48 bits per heavy atom. The van der Waals surface area contributed by atoms with Gasteiger partial charge >= 0.3 is 12.0 Å². The van der Waals surface area contributed by atoms with Crippen LogP contribution < -0.4 is 11.1 Å². The molecular formula is C12H22N4O5. The van der Waals surface area contributed by atoms with E-state index in [0.717, 1.165) is 13.0 Å². The number of carboxylic acids is 1. The van der Waals surface area contributed by atoms with E-state index in [2.05, 4.69) is 5.32 Å². The van der Waals surface area contributed by atoms with Gasteiger partial charge in [0.05, 0.1) is 13.0 Å². The second-order valence-corrected chi connectivity index (χ2v) is 4.92. The minimum Gasteiger partial charge on any atom is -0.480 e. The maximum Gasteiger partial charge on any atom is 0.326 e. The molecule has 21 heavy (non-hydrogen) atoms. The van der Waals surface area contributed by atoms with Gasteiger partial charge in [-0.2, -0.15) is 0 Å². The molecular weight excluding hydrogens is 280 g/mol. The number of aliphatic hydroxyl groups excluding tert-OH is 1. The number of nitrogens with zero attached hydrogens (tertiary/aromatic N) is 2. The van der Waals surface area contributed by atoms with Gasteiger partial charge in [0.2, 0.25) is 5.91 Å². The fourth-order valence-electron chi connectivity index (χ4n) is 2.18. The second-order valence-electron chi connectivity index (χ2n) is 4.92. The molecule has 9 heteroatoms. The number of aliphatic carboxylic acids is 1. The molecule has 0 radical (unpaired) electrons. The number of urea groups is 1. The van der Waals surface area contributed by atoms with Crippen LogP contribution in [0.25, 0.3) is 0 Å². The van der Waals surface area contributed by atoms with Crippen molar-refractivity contribution in [3.05, 3.63) is 0 Å². The molecule has 0 spiro atoms.